The second-order valence-electron chi connectivity index (χ2n) is 5.15. The van der Waals surface area contributed by atoms with Gasteiger partial charge in [0.1, 0.15) is 0 Å². The van der Waals surface area contributed by atoms with Gasteiger partial charge in [0.25, 0.3) is 0 Å². The Morgan fingerprint density at radius 2 is 1.50 bits per heavy atom. The van der Waals surface area contributed by atoms with Crippen molar-refractivity contribution < 1.29 is 4.79 Å². The van der Waals surface area contributed by atoms with Crippen molar-refractivity contribution in [3.63, 3.8) is 0 Å². The van der Waals surface area contributed by atoms with E-state index in [9.17, 15) is 4.79 Å². The average molecular weight is 283 g/mol. The van der Waals surface area contributed by atoms with E-state index in [2.05, 4.69) is 55.5 Å². The second-order valence-corrected chi connectivity index (χ2v) is 7.75. The van der Waals surface area contributed by atoms with Crippen molar-refractivity contribution in [2.24, 2.45) is 0 Å². The Bertz CT molecular complexity index is 545. The van der Waals surface area contributed by atoms with Gasteiger partial charge in [0, 0.05) is 7.05 Å². The normalized spacial score (nSPS) is 26.0. The Hall–Kier alpha value is -1.66. The summed E-state index contributed by atoms with van der Waals surface area (Å²) in [7, 11) is 1.39. The number of carbonyl (C=O) groups excluding carboxylic acids is 1. The summed E-state index contributed by atoms with van der Waals surface area (Å²) in [6.45, 7) is 2.07. The first kappa shape index (κ1) is 13.3. The minimum Gasteiger partial charge on any atom is -0.334 e. The molecule has 2 aromatic carbocycles. The van der Waals surface area contributed by atoms with E-state index in [1.165, 1.54) is 10.9 Å². The molecule has 1 aliphatic rings. The topological polar surface area (TPSA) is 20.3 Å². The first-order chi connectivity index (χ1) is 9.70. The molecule has 0 aliphatic carbocycles. The maximum absolute atomic E-state index is 12.4. The van der Waals surface area contributed by atoms with E-state index in [4.69, 9.17) is 0 Å². The number of nitrogens with zero attached hydrogens (tertiary/aromatic N) is 1. The van der Waals surface area contributed by atoms with E-state index < -0.39 is 7.92 Å². The molecule has 20 heavy (non-hydrogen) atoms. The third-order valence-electron chi connectivity index (χ3n) is 3.90. The molecule has 3 rings (SSSR count). The second kappa shape index (κ2) is 5.38. The molecule has 2 nitrogen and oxygen atoms in total. The van der Waals surface area contributed by atoms with E-state index >= 15 is 0 Å². The highest BCUT2D eigenvalue weighted by Gasteiger charge is 2.44. The molecule has 0 unspecified atom stereocenters. The van der Waals surface area contributed by atoms with Gasteiger partial charge in [-0.1, -0.05) is 60.7 Å². The predicted octanol–water partition coefficient (Wildman–Crippen LogP) is 3.35. The monoisotopic (exact) mass is 283 g/mol. The summed E-state index contributed by atoms with van der Waals surface area (Å²) in [5.41, 5.74) is 1.32. The van der Waals surface area contributed by atoms with E-state index in [1.54, 1.807) is 0 Å². The van der Waals surface area contributed by atoms with Gasteiger partial charge in [-0.25, -0.2) is 0 Å². The molecule has 0 saturated carbocycles. The molecule has 1 aliphatic heterocycles. The average Bonchev–Trinajstić information content (AvgIpc) is 2.73. The van der Waals surface area contributed by atoms with Crippen molar-refractivity contribution in [2.45, 2.75) is 18.4 Å². The third-order valence-corrected chi connectivity index (χ3v) is 7.03. The van der Waals surface area contributed by atoms with Gasteiger partial charge in [0.15, 0.2) is 0 Å². The lowest BCUT2D eigenvalue weighted by Gasteiger charge is -2.26. The fraction of sp³-hybridized carbons (Fsp3) is 0.235. The number of hydrogen-bond acceptors (Lipinski definition) is 1. The van der Waals surface area contributed by atoms with Gasteiger partial charge < -0.3 is 4.90 Å². The predicted molar refractivity (Wildman–Crippen MR) is 84.4 cm³/mol. The van der Waals surface area contributed by atoms with E-state index in [0.29, 0.717) is 0 Å². The molecule has 0 N–H and O–H groups in total. The first-order valence-electron chi connectivity index (χ1n) is 6.85. The largest absolute Gasteiger partial charge is 0.334 e. The van der Waals surface area contributed by atoms with Crippen LogP contribution in [-0.2, 0) is 4.79 Å². The molecule has 0 bridgehead atoms. The molecule has 1 saturated heterocycles. The maximum atomic E-state index is 12.4. The smallest absolute Gasteiger partial charge is 0.230 e. The summed E-state index contributed by atoms with van der Waals surface area (Å²) in [5.74, 6) is 0.449. The summed E-state index contributed by atoms with van der Waals surface area (Å²) in [6, 6.07) is 20.9. The Morgan fingerprint density at radius 1 is 0.950 bits per heavy atom. The minimum absolute atomic E-state index is 0.0857. The van der Waals surface area contributed by atoms with Crippen molar-refractivity contribution in [1.29, 1.82) is 0 Å². The number of hydrogen-bond donors (Lipinski definition) is 0. The van der Waals surface area contributed by atoms with Gasteiger partial charge >= 0.3 is 0 Å². The van der Waals surface area contributed by atoms with Gasteiger partial charge in [-0.2, -0.15) is 0 Å². The van der Waals surface area contributed by atoms with Crippen LogP contribution in [-0.4, -0.2) is 23.5 Å². The minimum atomic E-state index is -0.543. The van der Waals surface area contributed by atoms with Crippen LogP contribution in [0, 0.1) is 0 Å². The quantitative estimate of drug-likeness (QED) is 0.774. The van der Waals surface area contributed by atoms with E-state index in [1.807, 2.05) is 24.1 Å². The Morgan fingerprint density at radius 3 is 2.10 bits per heavy atom. The number of amides is 1. The Balaban J connectivity index is 2.07. The van der Waals surface area contributed by atoms with Gasteiger partial charge in [-0.15, -0.1) is 0 Å². The SMILES string of the molecule is C[C@H]1C(=O)N(C)[C@@H](c2ccccc2)[P@@]1c1ccccc1. The molecular weight excluding hydrogens is 265 g/mol. The molecular formula is C17H18NOP. The van der Waals surface area contributed by atoms with Gasteiger partial charge in [0.2, 0.25) is 5.91 Å². The van der Waals surface area contributed by atoms with Crippen molar-refractivity contribution in [3.8, 4) is 0 Å². The number of benzene rings is 2. The molecule has 102 valence electrons. The van der Waals surface area contributed by atoms with E-state index in [-0.39, 0.29) is 17.3 Å². The van der Waals surface area contributed by atoms with Crippen molar-refractivity contribution in [1.82, 2.24) is 4.90 Å². The van der Waals surface area contributed by atoms with Crippen LogP contribution >= 0.6 is 7.92 Å². The summed E-state index contributed by atoms with van der Waals surface area (Å²) in [6.07, 6.45) is 0. The molecule has 0 radical (unpaired) electrons. The summed E-state index contributed by atoms with van der Waals surface area (Å²) in [4.78, 5) is 14.3. The first-order valence-corrected chi connectivity index (χ1v) is 8.33. The zero-order chi connectivity index (χ0) is 14.1. The lowest BCUT2D eigenvalue weighted by atomic mass is 10.2. The van der Waals surface area contributed by atoms with Crippen LogP contribution in [0.1, 0.15) is 18.3 Å². The van der Waals surface area contributed by atoms with Gasteiger partial charge in [-0.3, -0.25) is 4.79 Å². The van der Waals surface area contributed by atoms with Crippen LogP contribution in [0.4, 0.5) is 0 Å². The van der Waals surface area contributed by atoms with Crippen molar-refractivity contribution in [2.75, 3.05) is 7.05 Å². The molecule has 3 heteroatoms. The molecule has 1 fully saturated rings. The standard InChI is InChI=1S/C17H18NOP/c1-13-16(19)18(2)17(14-9-5-3-6-10-14)20(13)15-11-7-4-8-12-15/h3-13,17H,1-2H3/t13-,17+,20+/m0/s1. The van der Waals surface area contributed by atoms with Crippen LogP contribution in [0.5, 0.6) is 0 Å². The van der Waals surface area contributed by atoms with Crippen LogP contribution in [0.3, 0.4) is 0 Å². The summed E-state index contributed by atoms with van der Waals surface area (Å²) in [5, 5.41) is 1.31. The fourth-order valence-electron chi connectivity index (χ4n) is 2.91. The molecule has 3 atom stereocenters. The number of carbonyl (C=O) groups is 1. The van der Waals surface area contributed by atoms with Crippen molar-refractivity contribution in [3.05, 3.63) is 66.2 Å². The Kier molecular flexibility index (Phi) is 3.58. The van der Waals surface area contributed by atoms with Crippen molar-refractivity contribution >= 4 is 19.1 Å². The molecule has 1 heterocycles. The maximum Gasteiger partial charge on any atom is 0.230 e. The molecule has 0 aromatic heterocycles. The van der Waals surface area contributed by atoms with Crippen LogP contribution in [0.2, 0.25) is 0 Å². The molecule has 2 aromatic rings. The highest BCUT2D eigenvalue weighted by Crippen LogP contribution is 2.60. The van der Waals surface area contributed by atoms with Crippen LogP contribution in [0.15, 0.2) is 60.7 Å². The fourth-order valence-corrected chi connectivity index (χ4v) is 5.98. The lowest BCUT2D eigenvalue weighted by molar-refractivity contribution is -0.128. The van der Waals surface area contributed by atoms with Gasteiger partial charge in [0.05, 0.1) is 11.4 Å². The Labute approximate surface area is 121 Å². The third kappa shape index (κ3) is 2.14. The van der Waals surface area contributed by atoms with Crippen LogP contribution in [0.25, 0.3) is 0 Å². The molecule has 1 amide bonds. The highest BCUT2D eigenvalue weighted by atomic mass is 31.1. The highest BCUT2D eigenvalue weighted by molar-refractivity contribution is 7.68. The zero-order valence-electron chi connectivity index (χ0n) is 11.7. The van der Waals surface area contributed by atoms with E-state index in [0.717, 1.165) is 0 Å². The molecule has 0 spiro atoms. The number of rotatable bonds is 2. The summed E-state index contributed by atoms with van der Waals surface area (Å²) < 4.78 is 0. The van der Waals surface area contributed by atoms with Gasteiger partial charge in [-0.05, 0) is 25.7 Å². The summed E-state index contributed by atoms with van der Waals surface area (Å²) >= 11 is 0. The zero-order valence-corrected chi connectivity index (χ0v) is 12.6. The van der Waals surface area contributed by atoms with Crippen LogP contribution < -0.4 is 5.30 Å². The lowest BCUT2D eigenvalue weighted by Crippen LogP contribution is -2.25.